The van der Waals surface area contributed by atoms with Crippen LogP contribution in [-0.2, 0) is 4.74 Å². The molecular weight excluding hydrogens is 328 g/mol. The topological polar surface area (TPSA) is 51.2 Å². The first-order valence-corrected chi connectivity index (χ1v) is 7.38. The first-order valence-electron chi connectivity index (χ1n) is 5.77. The second-order valence-corrected chi connectivity index (χ2v) is 6.17. The summed E-state index contributed by atoms with van der Waals surface area (Å²) in [7, 11) is 0. The van der Waals surface area contributed by atoms with Crippen LogP contribution in [0.5, 0.6) is 0 Å². The number of halogens is 1. The number of nitrogens with one attached hydrogen (secondary N) is 1. The van der Waals surface area contributed by atoms with Crippen molar-refractivity contribution in [3.8, 4) is 0 Å². The van der Waals surface area contributed by atoms with Crippen LogP contribution in [0.1, 0.15) is 23.0 Å². The first-order chi connectivity index (χ1) is 9.10. The van der Waals surface area contributed by atoms with E-state index in [0.717, 1.165) is 5.69 Å². The maximum Gasteiger partial charge on any atom is 0.359 e. The summed E-state index contributed by atoms with van der Waals surface area (Å²) >= 11 is 4.69. The Hall–Kier alpha value is -1.40. The molecule has 19 heavy (non-hydrogen) atoms. The highest BCUT2D eigenvalue weighted by atomic mass is 79.9. The van der Waals surface area contributed by atoms with Gasteiger partial charge in [0.1, 0.15) is 3.79 Å². The summed E-state index contributed by atoms with van der Waals surface area (Å²) in [6.45, 7) is 4.13. The Bertz CT molecular complexity index is 581. The van der Waals surface area contributed by atoms with E-state index >= 15 is 0 Å². The van der Waals surface area contributed by atoms with Gasteiger partial charge in [0.2, 0.25) is 0 Å². The summed E-state index contributed by atoms with van der Waals surface area (Å²) in [6.07, 6.45) is 0. The number of thiazole rings is 1. The van der Waals surface area contributed by atoms with Crippen molar-refractivity contribution in [3.63, 3.8) is 0 Å². The lowest BCUT2D eigenvalue weighted by Gasteiger charge is -2.02. The Morgan fingerprint density at radius 2 is 2.11 bits per heavy atom. The summed E-state index contributed by atoms with van der Waals surface area (Å²) in [5, 5.41) is 3.81. The number of anilines is 2. The third-order valence-corrected chi connectivity index (χ3v) is 3.98. The summed E-state index contributed by atoms with van der Waals surface area (Å²) in [4.78, 5) is 15.9. The summed E-state index contributed by atoms with van der Waals surface area (Å²) in [6, 6.07) is 7.96. The molecule has 0 aliphatic heterocycles. The fourth-order valence-corrected chi connectivity index (χ4v) is 2.85. The summed E-state index contributed by atoms with van der Waals surface area (Å²) < 4.78 is 5.60. The molecule has 2 rings (SSSR count). The van der Waals surface area contributed by atoms with Crippen LogP contribution in [0.15, 0.2) is 28.1 Å². The molecule has 4 nitrogen and oxygen atoms in total. The zero-order valence-corrected chi connectivity index (χ0v) is 13.0. The second-order valence-electron chi connectivity index (χ2n) is 3.85. The molecule has 0 spiro atoms. The minimum absolute atomic E-state index is 0.307. The molecule has 1 heterocycles. The molecule has 2 aromatic rings. The number of esters is 1. The molecule has 0 saturated carbocycles. The highest BCUT2D eigenvalue weighted by molar-refractivity contribution is 9.11. The van der Waals surface area contributed by atoms with E-state index in [1.165, 1.54) is 16.9 Å². The van der Waals surface area contributed by atoms with E-state index in [0.29, 0.717) is 21.2 Å². The maximum absolute atomic E-state index is 11.6. The van der Waals surface area contributed by atoms with E-state index in [9.17, 15) is 4.79 Å². The number of rotatable bonds is 4. The van der Waals surface area contributed by atoms with Gasteiger partial charge in [-0.3, -0.25) is 0 Å². The predicted octanol–water partition coefficient (Wildman–Crippen LogP) is 4.13. The lowest BCUT2D eigenvalue weighted by atomic mass is 10.2. The van der Waals surface area contributed by atoms with Crippen molar-refractivity contribution in [3.05, 3.63) is 39.3 Å². The molecule has 6 heteroatoms. The van der Waals surface area contributed by atoms with Gasteiger partial charge in [-0.25, -0.2) is 9.78 Å². The largest absolute Gasteiger partial charge is 0.461 e. The number of nitrogens with zero attached hydrogens (tertiary/aromatic N) is 1. The van der Waals surface area contributed by atoms with Crippen LogP contribution >= 0.6 is 27.3 Å². The van der Waals surface area contributed by atoms with Crippen LogP contribution in [0.3, 0.4) is 0 Å². The van der Waals surface area contributed by atoms with Gasteiger partial charge >= 0.3 is 5.97 Å². The molecule has 1 N–H and O–H groups in total. The van der Waals surface area contributed by atoms with Gasteiger partial charge in [0.25, 0.3) is 0 Å². The highest BCUT2D eigenvalue weighted by Crippen LogP contribution is 2.30. The van der Waals surface area contributed by atoms with Crippen LogP contribution in [-0.4, -0.2) is 17.6 Å². The third kappa shape index (κ3) is 3.54. The minimum Gasteiger partial charge on any atom is -0.461 e. The number of carbonyl (C=O) groups excluding carboxylic acids is 1. The lowest BCUT2D eigenvalue weighted by Crippen LogP contribution is -2.05. The Morgan fingerprint density at radius 3 is 2.74 bits per heavy atom. The van der Waals surface area contributed by atoms with Gasteiger partial charge in [-0.1, -0.05) is 29.0 Å². The minimum atomic E-state index is -0.414. The molecule has 0 unspecified atom stereocenters. The number of ether oxygens (including phenoxy) is 1. The normalized spacial score (nSPS) is 10.3. The van der Waals surface area contributed by atoms with Crippen LogP contribution in [0.25, 0.3) is 0 Å². The van der Waals surface area contributed by atoms with Crippen molar-refractivity contribution in [2.75, 3.05) is 11.9 Å². The Kier molecular flexibility index (Phi) is 4.55. The smallest absolute Gasteiger partial charge is 0.359 e. The number of aromatic nitrogens is 1. The Balaban J connectivity index is 2.16. The van der Waals surface area contributed by atoms with Gasteiger partial charge in [-0.15, -0.1) is 0 Å². The molecule has 0 saturated heterocycles. The van der Waals surface area contributed by atoms with E-state index in [2.05, 4.69) is 26.2 Å². The van der Waals surface area contributed by atoms with Crippen molar-refractivity contribution < 1.29 is 9.53 Å². The molecule has 0 fully saturated rings. The zero-order valence-electron chi connectivity index (χ0n) is 10.6. The van der Waals surface area contributed by atoms with Gasteiger partial charge in [-0.2, -0.15) is 0 Å². The van der Waals surface area contributed by atoms with E-state index in [4.69, 9.17) is 4.74 Å². The molecule has 1 aromatic carbocycles. The molecule has 0 aliphatic rings. The van der Waals surface area contributed by atoms with E-state index in [1.807, 2.05) is 31.2 Å². The lowest BCUT2D eigenvalue weighted by molar-refractivity contribution is 0.0519. The number of benzene rings is 1. The Labute approximate surface area is 124 Å². The van der Waals surface area contributed by atoms with Gasteiger partial charge in [0.05, 0.1) is 6.61 Å². The van der Waals surface area contributed by atoms with Gasteiger partial charge in [0, 0.05) is 5.69 Å². The second kappa shape index (κ2) is 6.16. The van der Waals surface area contributed by atoms with Crippen molar-refractivity contribution in [1.29, 1.82) is 0 Å². The molecule has 0 aliphatic carbocycles. The zero-order chi connectivity index (χ0) is 13.8. The van der Waals surface area contributed by atoms with Crippen LogP contribution < -0.4 is 5.32 Å². The van der Waals surface area contributed by atoms with Gasteiger partial charge < -0.3 is 10.1 Å². The van der Waals surface area contributed by atoms with Crippen molar-refractivity contribution in [1.82, 2.24) is 4.98 Å². The summed E-state index contributed by atoms with van der Waals surface area (Å²) in [5.74, 6) is -0.414. The van der Waals surface area contributed by atoms with Gasteiger partial charge in [-0.05, 0) is 41.9 Å². The Morgan fingerprint density at radius 1 is 1.42 bits per heavy atom. The fourth-order valence-electron chi connectivity index (χ4n) is 1.44. The monoisotopic (exact) mass is 340 g/mol. The van der Waals surface area contributed by atoms with Crippen LogP contribution in [0, 0.1) is 6.92 Å². The van der Waals surface area contributed by atoms with E-state index in [1.54, 1.807) is 6.92 Å². The van der Waals surface area contributed by atoms with Crippen LogP contribution in [0.4, 0.5) is 10.8 Å². The predicted molar refractivity (Wildman–Crippen MR) is 80.2 cm³/mol. The quantitative estimate of drug-likeness (QED) is 0.850. The number of hydrogen-bond acceptors (Lipinski definition) is 5. The molecule has 1 aromatic heterocycles. The fraction of sp³-hybridized carbons (Fsp3) is 0.231. The average molecular weight is 341 g/mol. The van der Waals surface area contributed by atoms with E-state index < -0.39 is 5.97 Å². The highest BCUT2D eigenvalue weighted by Gasteiger charge is 2.17. The van der Waals surface area contributed by atoms with Gasteiger partial charge in [0.15, 0.2) is 10.8 Å². The number of aryl methyl sites for hydroxylation is 1. The van der Waals surface area contributed by atoms with Crippen molar-refractivity contribution in [2.24, 2.45) is 0 Å². The number of hydrogen-bond donors (Lipinski definition) is 1. The van der Waals surface area contributed by atoms with Crippen molar-refractivity contribution >= 4 is 44.1 Å². The molecule has 0 radical (unpaired) electrons. The number of carbonyl (C=O) groups is 1. The molecule has 100 valence electrons. The molecular formula is C13H13BrN2O2S. The molecule has 0 amide bonds. The average Bonchev–Trinajstić information content (AvgIpc) is 2.74. The van der Waals surface area contributed by atoms with Crippen molar-refractivity contribution in [2.45, 2.75) is 13.8 Å². The van der Waals surface area contributed by atoms with E-state index in [-0.39, 0.29) is 0 Å². The molecule has 0 bridgehead atoms. The summed E-state index contributed by atoms with van der Waals surface area (Å²) in [5.41, 5.74) is 2.43. The molecule has 0 atom stereocenters. The third-order valence-electron chi connectivity index (χ3n) is 2.36. The first kappa shape index (κ1) is 14.0. The standard InChI is InChI=1S/C13H13BrN2O2S/c1-3-18-12(17)10-11(14)19-13(16-10)15-9-6-4-8(2)5-7-9/h4-7H,3H2,1-2H3,(H,15,16). The maximum atomic E-state index is 11.6. The SMILES string of the molecule is CCOC(=O)c1nc(Nc2ccc(C)cc2)sc1Br. The van der Waals surface area contributed by atoms with Crippen LogP contribution in [0.2, 0.25) is 0 Å².